The molecule has 0 bridgehead atoms. The Balaban J connectivity index is 2.05. The van der Waals surface area contributed by atoms with Crippen molar-refractivity contribution < 1.29 is 9.53 Å². The number of hydrogen-bond donors (Lipinski definition) is 1. The Bertz CT molecular complexity index is 351. The van der Waals surface area contributed by atoms with Gasteiger partial charge in [-0.05, 0) is 36.5 Å². The fraction of sp³-hybridized carbons (Fsp3) is 0.417. The van der Waals surface area contributed by atoms with Crippen molar-refractivity contribution in [2.45, 2.75) is 18.9 Å². The van der Waals surface area contributed by atoms with Crippen LogP contribution in [0.5, 0.6) is 0 Å². The number of nitrogen functional groups attached to an aromatic ring is 1. The summed E-state index contributed by atoms with van der Waals surface area (Å²) in [4.78, 5) is 10.7. The number of benzene rings is 1. The molecule has 1 heterocycles. The molecule has 1 aliphatic rings. The molecule has 1 fully saturated rings. The molecule has 0 spiro atoms. The van der Waals surface area contributed by atoms with Crippen molar-refractivity contribution in [3.63, 3.8) is 0 Å². The molecule has 0 aliphatic carbocycles. The smallest absolute Gasteiger partial charge is 0.149 e. The van der Waals surface area contributed by atoms with E-state index in [1.54, 1.807) is 0 Å². The highest BCUT2D eigenvalue weighted by atomic mass is 16.5. The van der Waals surface area contributed by atoms with E-state index in [1.165, 1.54) is 5.56 Å². The lowest BCUT2D eigenvalue weighted by Gasteiger charge is -2.12. The third kappa shape index (κ3) is 2.36. The molecule has 0 saturated carbocycles. The van der Waals surface area contributed by atoms with Crippen LogP contribution in [-0.4, -0.2) is 19.0 Å². The molecule has 0 radical (unpaired) electrons. The first-order chi connectivity index (χ1) is 7.29. The zero-order chi connectivity index (χ0) is 10.7. The molecule has 1 saturated heterocycles. The van der Waals surface area contributed by atoms with Crippen molar-refractivity contribution in [1.82, 2.24) is 0 Å². The molecule has 2 unspecified atom stereocenters. The lowest BCUT2D eigenvalue weighted by Crippen LogP contribution is -2.19. The van der Waals surface area contributed by atoms with Crippen LogP contribution in [0, 0.1) is 5.92 Å². The topological polar surface area (TPSA) is 52.3 Å². The highest BCUT2D eigenvalue weighted by molar-refractivity contribution is 5.57. The maximum absolute atomic E-state index is 10.7. The molecule has 1 aliphatic heterocycles. The van der Waals surface area contributed by atoms with E-state index in [-0.39, 0.29) is 6.10 Å². The maximum atomic E-state index is 10.7. The second kappa shape index (κ2) is 4.45. The summed E-state index contributed by atoms with van der Waals surface area (Å²) >= 11 is 0. The van der Waals surface area contributed by atoms with Gasteiger partial charge in [0, 0.05) is 12.3 Å². The van der Waals surface area contributed by atoms with Gasteiger partial charge in [0.25, 0.3) is 0 Å². The lowest BCUT2D eigenvalue weighted by molar-refractivity contribution is -0.116. The molecule has 2 N–H and O–H groups in total. The molecule has 3 heteroatoms. The van der Waals surface area contributed by atoms with E-state index in [1.807, 2.05) is 24.3 Å². The summed E-state index contributed by atoms with van der Waals surface area (Å²) in [5, 5.41) is 0. The molecule has 1 aromatic rings. The number of hydrogen-bond acceptors (Lipinski definition) is 3. The predicted molar refractivity (Wildman–Crippen MR) is 58.5 cm³/mol. The van der Waals surface area contributed by atoms with Crippen molar-refractivity contribution in [2.75, 3.05) is 12.3 Å². The van der Waals surface area contributed by atoms with Gasteiger partial charge in [0.05, 0.1) is 0 Å². The molecule has 2 rings (SSSR count). The van der Waals surface area contributed by atoms with Crippen LogP contribution in [0.4, 0.5) is 5.69 Å². The van der Waals surface area contributed by atoms with Crippen LogP contribution in [0.25, 0.3) is 0 Å². The largest absolute Gasteiger partial charge is 0.399 e. The minimum Gasteiger partial charge on any atom is -0.399 e. The fourth-order valence-corrected chi connectivity index (χ4v) is 2.05. The third-order valence-corrected chi connectivity index (χ3v) is 2.85. The molecule has 3 nitrogen and oxygen atoms in total. The van der Waals surface area contributed by atoms with Crippen molar-refractivity contribution in [2.24, 2.45) is 5.92 Å². The number of carbonyl (C=O) groups excluding carboxylic acids is 1. The number of nitrogens with two attached hydrogens (primary N) is 1. The Kier molecular flexibility index (Phi) is 3.02. The number of rotatable bonds is 3. The van der Waals surface area contributed by atoms with E-state index < -0.39 is 0 Å². The standard InChI is InChI=1S/C12H15NO2/c13-11-3-1-2-9(7-11)6-10-4-5-15-12(10)8-14/h1-3,7-8,10,12H,4-6,13H2. The van der Waals surface area contributed by atoms with Gasteiger partial charge >= 0.3 is 0 Å². The van der Waals surface area contributed by atoms with E-state index in [4.69, 9.17) is 10.5 Å². The second-order valence-electron chi connectivity index (χ2n) is 3.97. The van der Waals surface area contributed by atoms with E-state index in [9.17, 15) is 4.79 Å². The van der Waals surface area contributed by atoms with Gasteiger partial charge in [-0.25, -0.2) is 0 Å². The average molecular weight is 205 g/mol. The molecule has 1 aromatic carbocycles. The summed E-state index contributed by atoms with van der Waals surface area (Å²) in [6.07, 6.45) is 2.50. The number of carbonyl (C=O) groups is 1. The van der Waals surface area contributed by atoms with E-state index in [0.717, 1.165) is 24.8 Å². The zero-order valence-corrected chi connectivity index (χ0v) is 8.56. The fourth-order valence-electron chi connectivity index (χ4n) is 2.05. The van der Waals surface area contributed by atoms with Gasteiger partial charge in [0.1, 0.15) is 12.4 Å². The van der Waals surface area contributed by atoms with E-state index in [2.05, 4.69) is 0 Å². The minimum absolute atomic E-state index is 0.230. The average Bonchev–Trinajstić information content (AvgIpc) is 2.65. The van der Waals surface area contributed by atoms with E-state index in [0.29, 0.717) is 12.5 Å². The summed E-state index contributed by atoms with van der Waals surface area (Å²) < 4.78 is 5.32. The van der Waals surface area contributed by atoms with Gasteiger partial charge in [-0.3, -0.25) is 0 Å². The van der Waals surface area contributed by atoms with Gasteiger partial charge in [0.15, 0.2) is 0 Å². The van der Waals surface area contributed by atoms with Gasteiger partial charge < -0.3 is 15.3 Å². The Morgan fingerprint density at radius 3 is 3.13 bits per heavy atom. The van der Waals surface area contributed by atoms with Gasteiger partial charge in [-0.15, -0.1) is 0 Å². The first-order valence-electron chi connectivity index (χ1n) is 5.21. The van der Waals surface area contributed by atoms with Crippen LogP contribution in [0.3, 0.4) is 0 Å². The molecule has 0 aromatic heterocycles. The maximum Gasteiger partial charge on any atom is 0.149 e. The van der Waals surface area contributed by atoms with Gasteiger partial charge in [-0.1, -0.05) is 12.1 Å². The third-order valence-electron chi connectivity index (χ3n) is 2.85. The minimum atomic E-state index is -0.230. The van der Waals surface area contributed by atoms with Crippen molar-refractivity contribution >= 4 is 12.0 Å². The van der Waals surface area contributed by atoms with Crippen LogP contribution in [-0.2, 0) is 16.0 Å². The SMILES string of the molecule is Nc1cccc(CC2CCOC2C=O)c1. The molecule has 0 amide bonds. The Labute approximate surface area is 89.2 Å². The number of ether oxygens (including phenoxy) is 1. The lowest BCUT2D eigenvalue weighted by atomic mass is 9.94. The van der Waals surface area contributed by atoms with Crippen LogP contribution >= 0.6 is 0 Å². The second-order valence-corrected chi connectivity index (χ2v) is 3.97. The quantitative estimate of drug-likeness (QED) is 0.599. The van der Waals surface area contributed by atoms with Crippen molar-refractivity contribution in [1.29, 1.82) is 0 Å². The first kappa shape index (κ1) is 10.2. The Morgan fingerprint density at radius 1 is 1.53 bits per heavy atom. The van der Waals surface area contributed by atoms with Gasteiger partial charge in [-0.2, -0.15) is 0 Å². The van der Waals surface area contributed by atoms with Crippen molar-refractivity contribution in [3.05, 3.63) is 29.8 Å². The number of aldehydes is 1. The zero-order valence-electron chi connectivity index (χ0n) is 8.56. The van der Waals surface area contributed by atoms with Crippen LogP contribution in [0.1, 0.15) is 12.0 Å². The summed E-state index contributed by atoms with van der Waals surface area (Å²) in [5.74, 6) is 0.310. The molecule has 80 valence electrons. The molecular weight excluding hydrogens is 190 g/mol. The predicted octanol–water partition coefficient (Wildman–Crippen LogP) is 1.42. The summed E-state index contributed by atoms with van der Waals surface area (Å²) in [6, 6.07) is 7.80. The van der Waals surface area contributed by atoms with Gasteiger partial charge in [0.2, 0.25) is 0 Å². The Morgan fingerprint density at radius 2 is 2.40 bits per heavy atom. The van der Waals surface area contributed by atoms with Crippen molar-refractivity contribution in [3.8, 4) is 0 Å². The molecule has 2 atom stereocenters. The number of anilines is 1. The summed E-state index contributed by atoms with van der Waals surface area (Å²) in [6.45, 7) is 0.691. The first-order valence-corrected chi connectivity index (χ1v) is 5.21. The molecular formula is C12H15NO2. The summed E-state index contributed by atoms with van der Waals surface area (Å²) in [5.41, 5.74) is 7.65. The molecule has 15 heavy (non-hydrogen) atoms. The monoisotopic (exact) mass is 205 g/mol. The Hall–Kier alpha value is -1.35. The van der Waals surface area contributed by atoms with Crippen LogP contribution in [0.2, 0.25) is 0 Å². The van der Waals surface area contributed by atoms with Crippen LogP contribution < -0.4 is 5.73 Å². The summed E-state index contributed by atoms with van der Waals surface area (Å²) in [7, 11) is 0. The highest BCUT2D eigenvalue weighted by Gasteiger charge is 2.27. The van der Waals surface area contributed by atoms with E-state index >= 15 is 0 Å². The van der Waals surface area contributed by atoms with Crippen LogP contribution in [0.15, 0.2) is 24.3 Å². The normalized spacial score (nSPS) is 25.3. The highest BCUT2D eigenvalue weighted by Crippen LogP contribution is 2.24.